The summed E-state index contributed by atoms with van der Waals surface area (Å²) in [6.45, 7) is 7.28. The third kappa shape index (κ3) is 3.36. The fourth-order valence-electron chi connectivity index (χ4n) is 2.01. The Bertz CT molecular complexity index is 976. The second kappa shape index (κ2) is 6.26. The largest absolute Gasteiger partial charge is 0.301 e. The Morgan fingerprint density at radius 2 is 2.04 bits per heavy atom. The van der Waals surface area contributed by atoms with Crippen LogP contribution in [-0.4, -0.2) is 10.4 Å². The lowest BCUT2D eigenvalue weighted by Gasteiger charge is -2.15. The van der Waals surface area contributed by atoms with Gasteiger partial charge in [-0.25, -0.2) is 0 Å². The highest BCUT2D eigenvalue weighted by molar-refractivity contribution is 7.11. The van der Waals surface area contributed by atoms with E-state index >= 15 is 0 Å². The van der Waals surface area contributed by atoms with E-state index in [2.05, 4.69) is 0 Å². The second-order valence-corrected chi connectivity index (χ2v) is 8.29. The Kier molecular flexibility index (Phi) is 4.73. The summed E-state index contributed by atoms with van der Waals surface area (Å²) in [4.78, 5) is 25.9. The molecule has 120 valence electrons. The molecule has 23 heavy (non-hydrogen) atoms. The van der Waals surface area contributed by atoms with Crippen molar-refractivity contribution >= 4 is 40.1 Å². The SMILES string of the molecule is Cc1ccsc1/C=c1\s/c(=C(\C#N)C(=O)C(C)(C)C)n(C)c1=O. The number of thiophene rings is 1. The molecule has 2 aromatic heterocycles. The Balaban J connectivity index is 2.80. The lowest BCUT2D eigenvalue weighted by Crippen LogP contribution is -2.32. The van der Waals surface area contributed by atoms with Gasteiger partial charge in [-0.3, -0.25) is 9.59 Å². The minimum Gasteiger partial charge on any atom is -0.301 e. The van der Waals surface area contributed by atoms with Gasteiger partial charge < -0.3 is 4.57 Å². The number of carbonyl (C=O) groups excluding carboxylic acids is 1. The maximum absolute atomic E-state index is 12.5. The van der Waals surface area contributed by atoms with Crippen molar-refractivity contribution in [2.75, 3.05) is 0 Å². The number of nitrogens with zero attached hydrogens (tertiary/aromatic N) is 2. The molecule has 0 bridgehead atoms. The normalized spacial score (nSPS) is 13.8. The van der Waals surface area contributed by atoms with Gasteiger partial charge in [0.1, 0.15) is 16.3 Å². The Morgan fingerprint density at radius 1 is 1.39 bits per heavy atom. The lowest BCUT2D eigenvalue weighted by molar-refractivity contribution is -0.120. The van der Waals surface area contributed by atoms with Gasteiger partial charge in [-0.2, -0.15) is 5.26 Å². The van der Waals surface area contributed by atoms with Crippen molar-refractivity contribution in [1.29, 1.82) is 5.26 Å². The molecule has 0 unspecified atom stereocenters. The minimum absolute atomic E-state index is 0.0460. The Hall–Kier alpha value is -1.97. The predicted octanol–water partition coefficient (Wildman–Crippen LogP) is 1.94. The smallest absolute Gasteiger partial charge is 0.268 e. The van der Waals surface area contributed by atoms with E-state index in [9.17, 15) is 14.9 Å². The number of hydrogen-bond donors (Lipinski definition) is 0. The zero-order chi connectivity index (χ0) is 17.4. The number of aromatic nitrogens is 1. The number of carbonyl (C=O) groups is 1. The third-order valence-electron chi connectivity index (χ3n) is 3.42. The van der Waals surface area contributed by atoms with Gasteiger partial charge in [0, 0.05) is 17.3 Å². The number of nitriles is 1. The van der Waals surface area contributed by atoms with Gasteiger partial charge in [-0.15, -0.1) is 22.7 Å². The van der Waals surface area contributed by atoms with Crippen LogP contribution in [0.25, 0.3) is 11.6 Å². The molecule has 0 radical (unpaired) electrons. The van der Waals surface area contributed by atoms with Crippen molar-refractivity contribution in [2.45, 2.75) is 27.7 Å². The van der Waals surface area contributed by atoms with Crippen molar-refractivity contribution < 1.29 is 4.79 Å². The van der Waals surface area contributed by atoms with E-state index in [4.69, 9.17) is 0 Å². The van der Waals surface area contributed by atoms with Crippen LogP contribution in [0.2, 0.25) is 0 Å². The highest BCUT2D eigenvalue weighted by Crippen LogP contribution is 2.19. The van der Waals surface area contributed by atoms with Crippen LogP contribution in [0.3, 0.4) is 0 Å². The topological polar surface area (TPSA) is 62.9 Å². The summed E-state index contributed by atoms with van der Waals surface area (Å²) in [5.41, 5.74) is 0.290. The molecule has 0 aliphatic carbocycles. The van der Waals surface area contributed by atoms with Crippen LogP contribution in [0.15, 0.2) is 16.2 Å². The summed E-state index contributed by atoms with van der Waals surface area (Å²) < 4.78 is 2.34. The van der Waals surface area contributed by atoms with Crippen LogP contribution in [0.5, 0.6) is 0 Å². The summed E-state index contributed by atoms with van der Waals surface area (Å²) in [6.07, 6.45) is 1.83. The average Bonchev–Trinajstić information content (AvgIpc) is 2.99. The first kappa shape index (κ1) is 17.4. The van der Waals surface area contributed by atoms with Gasteiger partial charge in [-0.05, 0) is 30.0 Å². The molecule has 0 amide bonds. The number of rotatable bonds is 2. The molecule has 0 aliphatic heterocycles. The molecule has 6 heteroatoms. The standard InChI is InChI=1S/C17H18N2O2S2/c1-10-6-7-22-12(10)8-13-15(21)19(5)16(23-13)11(9-18)14(20)17(2,3)4/h6-8H,1-5H3/b13-8-,16-11+. The fraction of sp³-hybridized carbons (Fsp3) is 0.353. The molecule has 0 saturated heterocycles. The molecule has 0 N–H and O–H groups in total. The predicted molar refractivity (Wildman–Crippen MR) is 94.9 cm³/mol. The van der Waals surface area contributed by atoms with Crippen LogP contribution < -0.4 is 14.8 Å². The van der Waals surface area contributed by atoms with Crippen molar-refractivity contribution in [2.24, 2.45) is 12.5 Å². The van der Waals surface area contributed by atoms with Gasteiger partial charge >= 0.3 is 0 Å². The van der Waals surface area contributed by atoms with Crippen molar-refractivity contribution in [3.63, 3.8) is 0 Å². The molecular weight excluding hydrogens is 328 g/mol. The van der Waals surface area contributed by atoms with Crippen molar-refractivity contribution in [3.8, 4) is 6.07 Å². The molecule has 0 aromatic carbocycles. The average molecular weight is 346 g/mol. The molecule has 0 aliphatic rings. The zero-order valence-corrected chi connectivity index (χ0v) is 15.4. The summed E-state index contributed by atoms with van der Waals surface area (Å²) in [6, 6.07) is 3.97. The lowest BCUT2D eigenvalue weighted by atomic mass is 9.87. The Labute approximate surface area is 142 Å². The highest BCUT2D eigenvalue weighted by atomic mass is 32.1. The van der Waals surface area contributed by atoms with E-state index in [-0.39, 0.29) is 16.9 Å². The summed E-state index contributed by atoms with van der Waals surface area (Å²) in [7, 11) is 1.60. The molecule has 4 nitrogen and oxygen atoms in total. The van der Waals surface area contributed by atoms with Crippen molar-refractivity contribution in [1.82, 2.24) is 4.57 Å². The molecule has 0 saturated carbocycles. The number of thiazole rings is 1. The van der Waals surface area contributed by atoms with Crippen LogP contribution in [0, 0.1) is 23.7 Å². The van der Waals surface area contributed by atoms with E-state index in [1.807, 2.05) is 30.5 Å². The van der Waals surface area contributed by atoms with Gasteiger partial charge in [0.15, 0.2) is 5.78 Å². The maximum Gasteiger partial charge on any atom is 0.268 e. The first-order chi connectivity index (χ1) is 10.7. The molecule has 2 aromatic rings. The second-order valence-electron chi connectivity index (χ2n) is 6.31. The van der Waals surface area contributed by atoms with E-state index in [1.54, 1.807) is 39.2 Å². The summed E-state index contributed by atoms with van der Waals surface area (Å²) in [5.74, 6) is -0.254. The molecule has 2 heterocycles. The van der Waals surface area contributed by atoms with Crippen LogP contribution >= 0.6 is 22.7 Å². The number of hydrogen-bond acceptors (Lipinski definition) is 5. The maximum atomic E-state index is 12.5. The number of Topliss-reactive ketones (excluding diaryl/α,β-unsaturated/α-hetero) is 1. The van der Waals surface area contributed by atoms with E-state index < -0.39 is 5.41 Å². The summed E-state index contributed by atoms with van der Waals surface area (Å²) in [5, 5.41) is 11.4. The molecule has 0 fully saturated rings. The van der Waals surface area contributed by atoms with Gasteiger partial charge in [0.05, 0.1) is 4.53 Å². The minimum atomic E-state index is -0.667. The van der Waals surface area contributed by atoms with Crippen LogP contribution in [0.4, 0.5) is 0 Å². The fourth-order valence-corrected chi connectivity index (χ4v) is 4.01. The monoisotopic (exact) mass is 346 g/mol. The first-order valence-electron chi connectivity index (χ1n) is 7.07. The number of ketones is 1. The highest BCUT2D eigenvalue weighted by Gasteiger charge is 2.26. The first-order valence-corrected chi connectivity index (χ1v) is 8.77. The van der Waals surface area contributed by atoms with Gasteiger partial charge in [-0.1, -0.05) is 20.8 Å². The van der Waals surface area contributed by atoms with E-state index in [0.29, 0.717) is 9.20 Å². The summed E-state index contributed by atoms with van der Waals surface area (Å²) >= 11 is 2.75. The molecule has 2 rings (SSSR count). The molecule has 0 atom stereocenters. The molecule has 0 spiro atoms. The quantitative estimate of drug-likeness (QED) is 0.835. The van der Waals surface area contributed by atoms with E-state index in [1.165, 1.54) is 15.9 Å². The molecular formula is C17H18N2O2S2. The zero-order valence-electron chi connectivity index (χ0n) is 13.8. The van der Waals surface area contributed by atoms with Crippen molar-refractivity contribution in [3.05, 3.63) is 41.4 Å². The van der Waals surface area contributed by atoms with Crippen LogP contribution in [-0.2, 0) is 11.8 Å². The van der Waals surface area contributed by atoms with Crippen LogP contribution in [0.1, 0.15) is 31.2 Å². The van der Waals surface area contributed by atoms with Gasteiger partial charge in [0.25, 0.3) is 5.56 Å². The number of aryl methyl sites for hydroxylation is 1. The third-order valence-corrected chi connectivity index (χ3v) is 5.57. The van der Waals surface area contributed by atoms with E-state index in [0.717, 1.165) is 10.4 Å². The van der Waals surface area contributed by atoms with Gasteiger partial charge in [0.2, 0.25) is 0 Å². The Morgan fingerprint density at radius 3 is 2.52 bits per heavy atom.